The van der Waals surface area contributed by atoms with Gasteiger partial charge in [-0.25, -0.2) is 8.78 Å². The molecule has 1 N–H and O–H groups in total. The number of anilines is 2. The smallest absolute Gasteiger partial charge is 0.247 e. The largest absolute Gasteiger partial charge is 0.355 e. The number of carbonyl (C=O) groups excluding carboxylic acids is 1. The zero-order valence-corrected chi connectivity index (χ0v) is 11.0. The van der Waals surface area contributed by atoms with Gasteiger partial charge in [0, 0.05) is 6.54 Å². The SMILES string of the molecule is CC1(C)CCCN2c3c(ccc(F)c3F)NC(=O)C21. The Kier molecular flexibility index (Phi) is 2.56. The van der Waals surface area contributed by atoms with Crippen LogP contribution in [0.2, 0.25) is 0 Å². The van der Waals surface area contributed by atoms with Crippen molar-refractivity contribution in [2.45, 2.75) is 32.7 Å². The van der Waals surface area contributed by atoms with E-state index in [2.05, 4.69) is 5.32 Å². The molecule has 0 aliphatic carbocycles. The van der Waals surface area contributed by atoms with Crippen LogP contribution in [-0.4, -0.2) is 18.5 Å². The van der Waals surface area contributed by atoms with Crippen molar-refractivity contribution in [3.05, 3.63) is 23.8 Å². The van der Waals surface area contributed by atoms with Gasteiger partial charge in [-0.05, 0) is 30.4 Å². The third kappa shape index (κ3) is 1.71. The lowest BCUT2D eigenvalue weighted by Gasteiger charge is -2.49. The van der Waals surface area contributed by atoms with Gasteiger partial charge in [0.1, 0.15) is 11.7 Å². The van der Waals surface area contributed by atoms with E-state index in [9.17, 15) is 13.6 Å². The molecule has 2 aliphatic rings. The highest BCUT2D eigenvalue weighted by Gasteiger charge is 2.46. The highest BCUT2D eigenvalue weighted by molar-refractivity contribution is 6.04. The Hall–Kier alpha value is -1.65. The summed E-state index contributed by atoms with van der Waals surface area (Å²) < 4.78 is 27.5. The van der Waals surface area contributed by atoms with E-state index in [1.807, 2.05) is 13.8 Å². The number of halogens is 2. The minimum atomic E-state index is -0.878. The fraction of sp³-hybridized carbons (Fsp3) is 0.500. The molecule has 3 nitrogen and oxygen atoms in total. The lowest BCUT2D eigenvalue weighted by molar-refractivity contribution is -0.120. The zero-order valence-electron chi connectivity index (χ0n) is 11.0. The first-order valence-corrected chi connectivity index (χ1v) is 6.47. The normalized spacial score (nSPS) is 24.5. The number of amides is 1. The lowest BCUT2D eigenvalue weighted by atomic mass is 9.75. The summed E-state index contributed by atoms with van der Waals surface area (Å²) in [6.07, 6.45) is 1.76. The molecular formula is C14H16F2N2O. The fourth-order valence-electron chi connectivity index (χ4n) is 3.25. The summed E-state index contributed by atoms with van der Waals surface area (Å²) in [4.78, 5) is 14.0. The van der Waals surface area contributed by atoms with Crippen molar-refractivity contribution in [2.75, 3.05) is 16.8 Å². The van der Waals surface area contributed by atoms with E-state index in [-0.39, 0.29) is 17.0 Å². The molecule has 0 saturated carbocycles. The van der Waals surface area contributed by atoms with Crippen LogP contribution in [0.1, 0.15) is 26.7 Å². The van der Waals surface area contributed by atoms with Gasteiger partial charge < -0.3 is 10.2 Å². The number of hydrogen-bond acceptors (Lipinski definition) is 2. The molecule has 3 rings (SSSR count). The van der Waals surface area contributed by atoms with Crippen LogP contribution in [0.15, 0.2) is 12.1 Å². The molecule has 1 aromatic carbocycles. The zero-order chi connectivity index (χ0) is 13.8. The molecule has 1 amide bonds. The number of nitrogens with zero attached hydrogens (tertiary/aromatic N) is 1. The standard InChI is InChI=1S/C14H16F2N2O/c1-14(2)6-3-7-18-11-9(17-13(19)12(14)18)5-4-8(15)10(11)16/h4-5,12H,3,6-7H2,1-2H3,(H,17,19). The summed E-state index contributed by atoms with van der Waals surface area (Å²) in [5.74, 6) is -1.89. The van der Waals surface area contributed by atoms with Crippen molar-refractivity contribution < 1.29 is 13.6 Å². The van der Waals surface area contributed by atoms with E-state index in [1.54, 1.807) is 4.90 Å². The summed E-state index contributed by atoms with van der Waals surface area (Å²) in [7, 11) is 0. The first kappa shape index (κ1) is 12.4. The van der Waals surface area contributed by atoms with Crippen LogP contribution < -0.4 is 10.2 Å². The van der Waals surface area contributed by atoms with Crippen molar-refractivity contribution in [1.29, 1.82) is 0 Å². The van der Waals surface area contributed by atoms with Gasteiger partial charge in [0.2, 0.25) is 5.91 Å². The van der Waals surface area contributed by atoms with Gasteiger partial charge in [-0.3, -0.25) is 4.79 Å². The van der Waals surface area contributed by atoms with Crippen LogP contribution in [0.4, 0.5) is 20.2 Å². The fourth-order valence-corrected chi connectivity index (χ4v) is 3.25. The Labute approximate surface area is 110 Å². The van der Waals surface area contributed by atoms with E-state index in [0.717, 1.165) is 18.9 Å². The molecule has 0 bridgehead atoms. The summed E-state index contributed by atoms with van der Waals surface area (Å²) in [5.41, 5.74) is 0.300. The van der Waals surface area contributed by atoms with Gasteiger partial charge in [0.25, 0.3) is 0 Å². The number of benzene rings is 1. The monoisotopic (exact) mass is 266 g/mol. The molecule has 19 heavy (non-hydrogen) atoms. The molecular weight excluding hydrogens is 250 g/mol. The first-order chi connectivity index (χ1) is 8.92. The lowest BCUT2D eigenvalue weighted by Crippen LogP contribution is -2.58. The third-order valence-electron chi connectivity index (χ3n) is 4.13. The van der Waals surface area contributed by atoms with Gasteiger partial charge in [-0.1, -0.05) is 13.8 Å². The Bertz CT molecular complexity index is 557. The van der Waals surface area contributed by atoms with E-state index >= 15 is 0 Å². The molecule has 1 atom stereocenters. The summed E-state index contributed by atoms with van der Waals surface area (Å²) >= 11 is 0. The van der Waals surface area contributed by atoms with Crippen LogP contribution in [0.25, 0.3) is 0 Å². The van der Waals surface area contributed by atoms with Crippen LogP contribution in [0, 0.1) is 17.0 Å². The third-order valence-corrected chi connectivity index (χ3v) is 4.13. The molecule has 2 heterocycles. The average Bonchev–Trinajstić information content (AvgIpc) is 2.32. The van der Waals surface area contributed by atoms with Crippen molar-refractivity contribution >= 4 is 17.3 Å². The molecule has 1 aromatic rings. The van der Waals surface area contributed by atoms with Gasteiger partial charge >= 0.3 is 0 Å². The van der Waals surface area contributed by atoms with E-state index in [0.29, 0.717) is 12.2 Å². The quantitative estimate of drug-likeness (QED) is 0.783. The Morgan fingerprint density at radius 2 is 2.11 bits per heavy atom. The minimum absolute atomic E-state index is 0.136. The Balaban J connectivity index is 2.17. The highest BCUT2D eigenvalue weighted by Crippen LogP contribution is 2.44. The average molecular weight is 266 g/mol. The van der Waals surface area contributed by atoms with Crippen LogP contribution in [0.3, 0.4) is 0 Å². The van der Waals surface area contributed by atoms with Crippen molar-refractivity contribution in [3.63, 3.8) is 0 Å². The minimum Gasteiger partial charge on any atom is -0.355 e. The number of rotatable bonds is 0. The second kappa shape index (κ2) is 3.92. The van der Waals surface area contributed by atoms with E-state index < -0.39 is 17.7 Å². The number of nitrogens with one attached hydrogen (secondary N) is 1. The molecule has 1 fully saturated rings. The molecule has 102 valence electrons. The van der Waals surface area contributed by atoms with Gasteiger partial charge in [0.05, 0.1) is 5.69 Å². The second-order valence-corrected chi connectivity index (χ2v) is 5.93. The summed E-state index contributed by atoms with van der Waals surface area (Å²) in [6.45, 7) is 4.56. The number of piperidine rings is 1. The predicted molar refractivity (Wildman–Crippen MR) is 69.1 cm³/mol. The highest BCUT2D eigenvalue weighted by atomic mass is 19.2. The molecule has 1 unspecified atom stereocenters. The number of hydrogen-bond donors (Lipinski definition) is 1. The maximum atomic E-state index is 14.1. The van der Waals surface area contributed by atoms with E-state index in [1.165, 1.54) is 6.07 Å². The number of fused-ring (bicyclic) bond motifs is 3. The molecule has 5 heteroatoms. The van der Waals surface area contributed by atoms with Crippen LogP contribution in [-0.2, 0) is 4.79 Å². The second-order valence-electron chi connectivity index (χ2n) is 5.93. The number of carbonyl (C=O) groups is 1. The first-order valence-electron chi connectivity index (χ1n) is 6.47. The Morgan fingerprint density at radius 1 is 1.37 bits per heavy atom. The predicted octanol–water partition coefficient (Wildman–Crippen LogP) is 2.91. The van der Waals surface area contributed by atoms with Gasteiger partial charge in [0.15, 0.2) is 11.6 Å². The van der Waals surface area contributed by atoms with Crippen molar-refractivity contribution in [2.24, 2.45) is 5.41 Å². The van der Waals surface area contributed by atoms with Crippen LogP contribution in [0.5, 0.6) is 0 Å². The van der Waals surface area contributed by atoms with Crippen molar-refractivity contribution in [3.8, 4) is 0 Å². The summed E-state index contributed by atoms with van der Waals surface area (Å²) in [6, 6.07) is 2.03. The molecule has 1 saturated heterocycles. The molecule has 0 radical (unpaired) electrons. The summed E-state index contributed by atoms with van der Waals surface area (Å²) in [5, 5.41) is 2.70. The van der Waals surface area contributed by atoms with Gasteiger partial charge in [-0.15, -0.1) is 0 Å². The Morgan fingerprint density at radius 3 is 2.84 bits per heavy atom. The maximum Gasteiger partial charge on any atom is 0.247 e. The molecule has 0 aromatic heterocycles. The van der Waals surface area contributed by atoms with Gasteiger partial charge in [-0.2, -0.15) is 0 Å². The maximum absolute atomic E-state index is 14.1. The van der Waals surface area contributed by atoms with E-state index in [4.69, 9.17) is 0 Å². The van der Waals surface area contributed by atoms with Crippen molar-refractivity contribution in [1.82, 2.24) is 0 Å². The molecule has 0 spiro atoms. The topological polar surface area (TPSA) is 32.3 Å². The van der Waals surface area contributed by atoms with Crippen LogP contribution >= 0.6 is 0 Å². The molecule has 2 aliphatic heterocycles.